The van der Waals surface area contributed by atoms with Gasteiger partial charge in [-0.2, -0.15) is 0 Å². The van der Waals surface area contributed by atoms with Crippen molar-refractivity contribution in [3.8, 4) is 0 Å². The highest BCUT2D eigenvalue weighted by molar-refractivity contribution is 4.92. The molecule has 1 aliphatic heterocycles. The van der Waals surface area contributed by atoms with Gasteiger partial charge in [0.05, 0.1) is 12.6 Å². The zero-order valence-electron chi connectivity index (χ0n) is 8.29. The van der Waals surface area contributed by atoms with Crippen LogP contribution in [0, 0.1) is 0 Å². The largest absolute Gasteiger partial charge is 0.394 e. The maximum Gasteiger partial charge on any atom is 0.173 e. The van der Waals surface area contributed by atoms with E-state index in [9.17, 15) is 5.11 Å². The van der Waals surface area contributed by atoms with Crippen molar-refractivity contribution in [1.82, 2.24) is 0 Å². The summed E-state index contributed by atoms with van der Waals surface area (Å²) in [4.78, 5) is 0. The molecule has 0 radical (unpaired) electrons. The van der Waals surface area contributed by atoms with E-state index in [4.69, 9.17) is 25.1 Å². The molecule has 0 saturated carbocycles. The van der Waals surface area contributed by atoms with Gasteiger partial charge in [-0.1, -0.05) is 0 Å². The van der Waals surface area contributed by atoms with Crippen LogP contribution in [0.1, 0.15) is 0 Å². The number of nitrogens with two attached hydrogens (primary N) is 1. The van der Waals surface area contributed by atoms with Gasteiger partial charge in [0, 0.05) is 14.2 Å². The SMILES string of the molecule is CO[C@H]1[C@H](OC)[C@@H](N)C(O)O[C@@H]1CO. The molecular weight excluding hydrogens is 190 g/mol. The van der Waals surface area contributed by atoms with Crippen LogP contribution in [0.25, 0.3) is 0 Å². The minimum Gasteiger partial charge on any atom is -0.394 e. The van der Waals surface area contributed by atoms with Crippen LogP contribution in [0.4, 0.5) is 0 Å². The highest BCUT2D eigenvalue weighted by Gasteiger charge is 2.43. The van der Waals surface area contributed by atoms with Gasteiger partial charge >= 0.3 is 0 Å². The predicted octanol–water partition coefficient (Wildman–Crippen LogP) is -1.95. The lowest BCUT2D eigenvalue weighted by Gasteiger charge is -2.41. The summed E-state index contributed by atoms with van der Waals surface area (Å²) in [5, 5.41) is 18.4. The van der Waals surface area contributed by atoms with Crippen molar-refractivity contribution >= 4 is 0 Å². The highest BCUT2D eigenvalue weighted by Crippen LogP contribution is 2.22. The Morgan fingerprint density at radius 2 is 1.86 bits per heavy atom. The molecule has 6 heteroatoms. The van der Waals surface area contributed by atoms with E-state index in [1.54, 1.807) is 0 Å². The van der Waals surface area contributed by atoms with E-state index < -0.39 is 30.6 Å². The van der Waals surface area contributed by atoms with Gasteiger partial charge in [0.15, 0.2) is 6.29 Å². The molecule has 0 aliphatic carbocycles. The topological polar surface area (TPSA) is 94.2 Å². The molecule has 4 N–H and O–H groups in total. The summed E-state index contributed by atoms with van der Waals surface area (Å²) >= 11 is 0. The molecule has 1 unspecified atom stereocenters. The first-order valence-electron chi connectivity index (χ1n) is 4.41. The van der Waals surface area contributed by atoms with Gasteiger partial charge in [-0.05, 0) is 0 Å². The highest BCUT2D eigenvalue weighted by atomic mass is 16.6. The molecule has 5 atom stereocenters. The van der Waals surface area contributed by atoms with Crippen molar-refractivity contribution in [2.75, 3.05) is 20.8 Å². The van der Waals surface area contributed by atoms with Crippen LogP contribution in [0.2, 0.25) is 0 Å². The lowest BCUT2D eigenvalue weighted by atomic mass is 9.97. The van der Waals surface area contributed by atoms with Gasteiger partial charge in [-0.25, -0.2) is 0 Å². The first kappa shape index (κ1) is 11.8. The Morgan fingerprint density at radius 1 is 1.29 bits per heavy atom. The molecule has 14 heavy (non-hydrogen) atoms. The van der Waals surface area contributed by atoms with Gasteiger partial charge in [0.1, 0.15) is 18.3 Å². The van der Waals surface area contributed by atoms with Crippen LogP contribution in [0.15, 0.2) is 0 Å². The van der Waals surface area contributed by atoms with E-state index in [-0.39, 0.29) is 6.61 Å². The summed E-state index contributed by atoms with van der Waals surface area (Å²) in [6, 6.07) is -0.673. The molecule has 0 aromatic carbocycles. The second-order valence-electron chi connectivity index (χ2n) is 3.23. The van der Waals surface area contributed by atoms with E-state index >= 15 is 0 Å². The van der Waals surface area contributed by atoms with Crippen LogP contribution in [-0.2, 0) is 14.2 Å². The summed E-state index contributed by atoms with van der Waals surface area (Å²) in [7, 11) is 2.95. The fraction of sp³-hybridized carbons (Fsp3) is 1.00. The fourth-order valence-electron chi connectivity index (χ4n) is 1.66. The van der Waals surface area contributed by atoms with Gasteiger partial charge < -0.3 is 30.2 Å². The molecule has 1 aliphatic rings. The number of aliphatic hydroxyl groups excluding tert-OH is 2. The van der Waals surface area contributed by atoms with Crippen molar-refractivity contribution in [3.63, 3.8) is 0 Å². The summed E-state index contributed by atoms with van der Waals surface area (Å²) in [6.45, 7) is -0.248. The molecule has 0 spiro atoms. The summed E-state index contributed by atoms with van der Waals surface area (Å²) in [6.07, 6.45) is -2.70. The van der Waals surface area contributed by atoms with Gasteiger partial charge in [-0.3, -0.25) is 0 Å². The average molecular weight is 207 g/mol. The van der Waals surface area contributed by atoms with Crippen LogP contribution in [-0.4, -0.2) is 61.7 Å². The van der Waals surface area contributed by atoms with Crippen molar-refractivity contribution in [2.24, 2.45) is 5.73 Å². The Balaban J connectivity index is 2.75. The third-order valence-corrected chi connectivity index (χ3v) is 2.44. The third-order valence-electron chi connectivity index (χ3n) is 2.44. The van der Waals surface area contributed by atoms with E-state index in [1.165, 1.54) is 14.2 Å². The number of methoxy groups -OCH3 is 2. The molecule has 1 heterocycles. The minimum absolute atomic E-state index is 0.248. The van der Waals surface area contributed by atoms with E-state index in [1.807, 2.05) is 0 Å². The molecular formula is C8H17NO5. The summed E-state index contributed by atoms with van der Waals surface area (Å²) in [5.74, 6) is 0. The number of hydrogen-bond donors (Lipinski definition) is 3. The second-order valence-corrected chi connectivity index (χ2v) is 3.23. The van der Waals surface area contributed by atoms with Gasteiger partial charge in [0.25, 0.3) is 0 Å². The second kappa shape index (κ2) is 5.01. The maximum absolute atomic E-state index is 9.40. The Kier molecular flexibility index (Phi) is 4.24. The van der Waals surface area contributed by atoms with Gasteiger partial charge in [0.2, 0.25) is 0 Å². The molecule has 0 bridgehead atoms. The van der Waals surface area contributed by atoms with E-state index in [0.29, 0.717) is 0 Å². The molecule has 1 rings (SSSR count). The van der Waals surface area contributed by atoms with Crippen LogP contribution >= 0.6 is 0 Å². The van der Waals surface area contributed by atoms with Crippen molar-refractivity contribution < 1.29 is 24.4 Å². The summed E-state index contributed by atoms with van der Waals surface area (Å²) < 4.78 is 15.3. The Labute approximate surface area is 82.6 Å². The normalized spacial score (nSPS) is 43.9. The standard InChI is InChI=1S/C8H17NO5/c1-12-6-4(3-10)14-8(11)5(9)7(6)13-2/h4-8,10-11H,3,9H2,1-2H3/t4-,5-,6-,7-,8?/m1/s1. The van der Waals surface area contributed by atoms with Crippen LogP contribution in [0.5, 0.6) is 0 Å². The molecule has 0 aromatic heterocycles. The van der Waals surface area contributed by atoms with E-state index in [0.717, 1.165) is 0 Å². The number of hydrogen-bond acceptors (Lipinski definition) is 6. The monoisotopic (exact) mass is 207 g/mol. The molecule has 0 amide bonds. The predicted molar refractivity (Wildman–Crippen MR) is 47.5 cm³/mol. The first-order chi connectivity index (χ1) is 6.65. The Morgan fingerprint density at radius 3 is 2.29 bits per heavy atom. The lowest BCUT2D eigenvalue weighted by molar-refractivity contribution is -0.258. The van der Waals surface area contributed by atoms with Crippen molar-refractivity contribution in [3.05, 3.63) is 0 Å². The molecule has 0 aromatic rings. The number of ether oxygens (including phenoxy) is 3. The first-order valence-corrected chi connectivity index (χ1v) is 4.41. The molecule has 1 fully saturated rings. The van der Waals surface area contributed by atoms with E-state index in [2.05, 4.69) is 0 Å². The average Bonchev–Trinajstić information content (AvgIpc) is 2.20. The van der Waals surface area contributed by atoms with Crippen molar-refractivity contribution in [1.29, 1.82) is 0 Å². The fourth-order valence-corrected chi connectivity index (χ4v) is 1.66. The molecule has 6 nitrogen and oxygen atoms in total. The lowest BCUT2D eigenvalue weighted by Crippen LogP contribution is -2.63. The third kappa shape index (κ3) is 2.05. The van der Waals surface area contributed by atoms with Crippen LogP contribution in [0.3, 0.4) is 0 Å². The Bertz CT molecular complexity index is 175. The zero-order valence-corrected chi connectivity index (χ0v) is 8.29. The maximum atomic E-state index is 9.40. The quantitative estimate of drug-likeness (QED) is 0.498. The molecule has 84 valence electrons. The number of aliphatic hydroxyl groups is 2. The summed E-state index contributed by atoms with van der Waals surface area (Å²) in [5.41, 5.74) is 5.65. The van der Waals surface area contributed by atoms with Gasteiger partial charge in [-0.15, -0.1) is 0 Å². The Hall–Kier alpha value is -0.240. The smallest absolute Gasteiger partial charge is 0.173 e. The number of rotatable bonds is 3. The zero-order chi connectivity index (χ0) is 10.7. The van der Waals surface area contributed by atoms with Crippen LogP contribution < -0.4 is 5.73 Å². The van der Waals surface area contributed by atoms with Crippen molar-refractivity contribution in [2.45, 2.75) is 30.6 Å². The minimum atomic E-state index is -1.14. The molecule has 1 saturated heterocycles.